The predicted octanol–water partition coefficient (Wildman–Crippen LogP) is 2.74. The minimum Gasteiger partial charge on any atom is -0.504 e. The molecule has 0 saturated carbocycles. The Morgan fingerprint density at radius 2 is 1.90 bits per heavy atom. The third kappa shape index (κ3) is 4.94. The first-order chi connectivity index (χ1) is 14.4. The van der Waals surface area contributed by atoms with Crippen LogP contribution in [0.15, 0.2) is 33.5 Å². The van der Waals surface area contributed by atoms with Crippen LogP contribution in [0.1, 0.15) is 48.7 Å². The Balaban J connectivity index is 2.03. The second kappa shape index (κ2) is 9.67. The Kier molecular flexibility index (Phi) is 6.99. The summed E-state index contributed by atoms with van der Waals surface area (Å²) in [6, 6.07) is 5.84. The lowest BCUT2D eigenvalue weighted by Gasteiger charge is -2.26. The summed E-state index contributed by atoms with van der Waals surface area (Å²) in [5.41, 5.74) is -0.0347. The van der Waals surface area contributed by atoms with Gasteiger partial charge in [0.25, 0.3) is 0 Å². The largest absolute Gasteiger partial charge is 0.504 e. The zero-order valence-electron chi connectivity index (χ0n) is 17.2. The molecule has 1 saturated heterocycles. The molecule has 1 aromatic carbocycles. The fraction of sp³-hybridized carbons (Fsp3) is 0.455. The van der Waals surface area contributed by atoms with Gasteiger partial charge in [0.15, 0.2) is 17.3 Å². The van der Waals surface area contributed by atoms with Crippen molar-refractivity contribution in [3.63, 3.8) is 0 Å². The number of nitrogens with zero attached hydrogens (tertiary/aromatic N) is 1. The quantitative estimate of drug-likeness (QED) is 0.662. The van der Waals surface area contributed by atoms with Gasteiger partial charge < -0.3 is 24.1 Å². The Labute approximate surface area is 174 Å². The van der Waals surface area contributed by atoms with Crippen molar-refractivity contribution >= 4 is 5.97 Å². The number of hydrogen-bond acceptors (Lipinski definition) is 8. The molecule has 1 fully saturated rings. The number of aromatic hydroxyl groups is 2. The minimum atomic E-state index is -0.791. The van der Waals surface area contributed by atoms with Crippen LogP contribution in [-0.4, -0.2) is 48.4 Å². The van der Waals surface area contributed by atoms with E-state index in [-0.39, 0.29) is 23.7 Å². The van der Waals surface area contributed by atoms with E-state index in [1.165, 1.54) is 32.8 Å². The molecule has 1 aromatic heterocycles. The molecule has 3 rings (SSSR count). The van der Waals surface area contributed by atoms with Gasteiger partial charge in [0.1, 0.15) is 5.76 Å². The van der Waals surface area contributed by atoms with E-state index in [1.807, 2.05) is 0 Å². The zero-order valence-corrected chi connectivity index (χ0v) is 17.2. The molecule has 2 aromatic rings. The van der Waals surface area contributed by atoms with Gasteiger partial charge >= 0.3 is 5.97 Å². The van der Waals surface area contributed by atoms with Crippen molar-refractivity contribution in [3.8, 4) is 17.2 Å². The molecule has 0 radical (unpaired) electrons. The Morgan fingerprint density at radius 3 is 2.57 bits per heavy atom. The molecule has 0 unspecified atom stereocenters. The fourth-order valence-corrected chi connectivity index (χ4v) is 3.73. The van der Waals surface area contributed by atoms with Crippen molar-refractivity contribution in [1.29, 1.82) is 0 Å². The van der Waals surface area contributed by atoms with Gasteiger partial charge in [0.05, 0.1) is 33.1 Å². The highest BCUT2D eigenvalue weighted by molar-refractivity contribution is 5.71. The number of esters is 1. The second-order valence-electron chi connectivity index (χ2n) is 7.39. The molecule has 2 heterocycles. The van der Waals surface area contributed by atoms with Crippen LogP contribution in [0.25, 0.3) is 0 Å². The number of benzene rings is 1. The first kappa shape index (κ1) is 21.7. The summed E-state index contributed by atoms with van der Waals surface area (Å²) >= 11 is 0. The molecule has 0 aliphatic carbocycles. The average Bonchev–Trinajstić information content (AvgIpc) is 2.75. The molecule has 8 heteroatoms. The monoisotopic (exact) mass is 417 g/mol. The number of methoxy groups -OCH3 is 2. The van der Waals surface area contributed by atoms with Gasteiger partial charge in [-0.3, -0.25) is 14.5 Å². The standard InChI is InChI=1S/C22H27NO7/c1-28-19-10-14(6-7-17(19)24)16(12-20(26)29-2)22-21(27)18(25)11-15(30-22)13-23-8-4-3-5-9-23/h6-7,10-11,16,24,27H,3-5,8-9,12-13H2,1-2H3/t16-/m1/s1. The van der Waals surface area contributed by atoms with E-state index in [4.69, 9.17) is 13.9 Å². The molecule has 30 heavy (non-hydrogen) atoms. The number of phenolic OH excluding ortho intramolecular Hbond substituents is 1. The Bertz CT molecular complexity index is 947. The fourth-order valence-electron chi connectivity index (χ4n) is 3.73. The number of carbonyl (C=O) groups excluding carboxylic acids is 1. The SMILES string of the molecule is COC(=O)C[C@H](c1ccc(O)c(OC)c1)c1oc(CN2CCCCC2)cc(=O)c1O. The second-order valence-corrected chi connectivity index (χ2v) is 7.39. The predicted molar refractivity (Wildman–Crippen MR) is 109 cm³/mol. The van der Waals surface area contributed by atoms with Crippen molar-refractivity contribution < 1.29 is 28.9 Å². The van der Waals surface area contributed by atoms with Gasteiger partial charge in [0, 0.05) is 6.07 Å². The van der Waals surface area contributed by atoms with Gasteiger partial charge in [0.2, 0.25) is 11.2 Å². The maximum Gasteiger partial charge on any atom is 0.306 e. The van der Waals surface area contributed by atoms with E-state index in [9.17, 15) is 19.8 Å². The van der Waals surface area contributed by atoms with Gasteiger partial charge in [-0.2, -0.15) is 0 Å². The van der Waals surface area contributed by atoms with E-state index < -0.39 is 23.1 Å². The number of piperidine rings is 1. The summed E-state index contributed by atoms with van der Waals surface area (Å²) < 4.78 is 15.9. The van der Waals surface area contributed by atoms with Crippen molar-refractivity contribution in [1.82, 2.24) is 4.90 Å². The summed E-state index contributed by atoms with van der Waals surface area (Å²) in [6.07, 6.45) is 3.21. The first-order valence-electron chi connectivity index (χ1n) is 9.95. The van der Waals surface area contributed by atoms with Gasteiger partial charge in [-0.15, -0.1) is 0 Å². The van der Waals surface area contributed by atoms with Crippen LogP contribution in [0, 0.1) is 0 Å². The summed E-state index contributed by atoms with van der Waals surface area (Å²) in [4.78, 5) is 26.7. The summed E-state index contributed by atoms with van der Waals surface area (Å²) in [7, 11) is 2.67. The molecule has 162 valence electrons. The molecule has 0 spiro atoms. The van der Waals surface area contributed by atoms with Gasteiger partial charge in [-0.05, 0) is 43.6 Å². The average molecular weight is 417 g/mol. The summed E-state index contributed by atoms with van der Waals surface area (Å²) in [5.74, 6) is -1.31. The maximum absolute atomic E-state index is 12.5. The third-order valence-electron chi connectivity index (χ3n) is 5.35. The highest BCUT2D eigenvalue weighted by Gasteiger charge is 2.28. The molecule has 0 amide bonds. The lowest BCUT2D eigenvalue weighted by atomic mass is 9.92. The van der Waals surface area contributed by atoms with Crippen molar-refractivity contribution in [2.45, 2.75) is 38.1 Å². The van der Waals surface area contributed by atoms with Crippen LogP contribution in [0.5, 0.6) is 17.2 Å². The van der Waals surface area contributed by atoms with Crippen LogP contribution >= 0.6 is 0 Å². The number of hydrogen-bond donors (Lipinski definition) is 2. The Hall–Kier alpha value is -3.00. The van der Waals surface area contributed by atoms with E-state index >= 15 is 0 Å². The zero-order chi connectivity index (χ0) is 21.7. The highest BCUT2D eigenvalue weighted by Crippen LogP contribution is 2.37. The topological polar surface area (TPSA) is 109 Å². The number of carbonyl (C=O) groups is 1. The van der Waals surface area contributed by atoms with E-state index in [0.29, 0.717) is 17.9 Å². The molecule has 2 N–H and O–H groups in total. The van der Waals surface area contributed by atoms with Crippen LogP contribution in [0.2, 0.25) is 0 Å². The normalized spacial score (nSPS) is 15.5. The van der Waals surface area contributed by atoms with Gasteiger partial charge in [-0.25, -0.2) is 0 Å². The molecule has 1 atom stereocenters. The van der Waals surface area contributed by atoms with Crippen molar-refractivity contribution in [3.05, 3.63) is 51.6 Å². The van der Waals surface area contributed by atoms with E-state index in [0.717, 1.165) is 25.9 Å². The first-order valence-corrected chi connectivity index (χ1v) is 9.95. The Morgan fingerprint density at radius 1 is 1.17 bits per heavy atom. The van der Waals surface area contributed by atoms with Crippen LogP contribution in [0.3, 0.4) is 0 Å². The molecule has 1 aliphatic heterocycles. The minimum absolute atomic E-state index is 0.00680. The number of phenols is 1. The van der Waals surface area contributed by atoms with Crippen LogP contribution < -0.4 is 10.2 Å². The van der Waals surface area contributed by atoms with Crippen LogP contribution in [-0.2, 0) is 16.1 Å². The number of likely N-dealkylation sites (tertiary alicyclic amines) is 1. The highest BCUT2D eigenvalue weighted by atomic mass is 16.5. The maximum atomic E-state index is 12.5. The number of rotatable bonds is 7. The van der Waals surface area contributed by atoms with E-state index in [2.05, 4.69) is 4.90 Å². The molecule has 0 bridgehead atoms. The van der Waals surface area contributed by atoms with Crippen molar-refractivity contribution in [2.24, 2.45) is 0 Å². The summed E-state index contributed by atoms with van der Waals surface area (Å²) in [5, 5.41) is 20.4. The third-order valence-corrected chi connectivity index (χ3v) is 5.35. The smallest absolute Gasteiger partial charge is 0.306 e. The van der Waals surface area contributed by atoms with Crippen LogP contribution in [0.4, 0.5) is 0 Å². The van der Waals surface area contributed by atoms with Gasteiger partial charge in [-0.1, -0.05) is 12.5 Å². The molecule has 8 nitrogen and oxygen atoms in total. The lowest BCUT2D eigenvalue weighted by molar-refractivity contribution is -0.140. The molecular formula is C22H27NO7. The molecule has 1 aliphatic rings. The molecular weight excluding hydrogens is 390 g/mol. The van der Waals surface area contributed by atoms with E-state index in [1.54, 1.807) is 12.1 Å². The lowest BCUT2D eigenvalue weighted by Crippen LogP contribution is -2.29. The van der Waals surface area contributed by atoms with Crippen molar-refractivity contribution in [2.75, 3.05) is 27.3 Å². The number of ether oxygens (including phenoxy) is 2. The summed E-state index contributed by atoms with van der Waals surface area (Å²) in [6.45, 7) is 2.29.